The molecule has 2 aromatic rings. The van der Waals surface area contributed by atoms with Crippen molar-refractivity contribution in [1.82, 2.24) is 9.97 Å². The van der Waals surface area contributed by atoms with E-state index in [9.17, 15) is 4.39 Å². The van der Waals surface area contributed by atoms with Crippen LogP contribution in [-0.4, -0.2) is 16.5 Å². The minimum atomic E-state index is -0.475. The van der Waals surface area contributed by atoms with Crippen LogP contribution in [0.1, 0.15) is 17.5 Å². The second kappa shape index (κ2) is 4.72. The molecule has 4 heteroatoms. The van der Waals surface area contributed by atoms with Gasteiger partial charge in [-0.05, 0) is 24.0 Å². The third-order valence-electron chi connectivity index (χ3n) is 3.30. The maximum absolute atomic E-state index is 13.1. The van der Waals surface area contributed by atoms with E-state index in [2.05, 4.69) is 33.1 Å². The van der Waals surface area contributed by atoms with Crippen LogP contribution in [-0.2, 0) is 13.0 Å². The van der Waals surface area contributed by atoms with E-state index in [1.54, 1.807) is 0 Å². The molecule has 0 unspecified atom stereocenters. The van der Waals surface area contributed by atoms with Gasteiger partial charge in [-0.25, -0.2) is 9.97 Å². The summed E-state index contributed by atoms with van der Waals surface area (Å²) in [5.41, 5.74) is 2.68. The van der Waals surface area contributed by atoms with E-state index in [0.29, 0.717) is 5.82 Å². The number of rotatable bonds is 1. The summed E-state index contributed by atoms with van der Waals surface area (Å²) >= 11 is 0. The summed E-state index contributed by atoms with van der Waals surface area (Å²) in [5, 5.41) is 0. The van der Waals surface area contributed by atoms with Gasteiger partial charge in [0.15, 0.2) is 0 Å². The zero-order valence-electron chi connectivity index (χ0n) is 10.0. The summed E-state index contributed by atoms with van der Waals surface area (Å²) in [4.78, 5) is 9.76. The van der Waals surface area contributed by atoms with Gasteiger partial charge >= 0.3 is 0 Å². The fraction of sp³-hybridized carbons (Fsp3) is 0.286. The lowest BCUT2D eigenvalue weighted by atomic mass is 10.0. The van der Waals surface area contributed by atoms with Gasteiger partial charge in [0, 0.05) is 19.2 Å². The van der Waals surface area contributed by atoms with Crippen molar-refractivity contribution in [2.75, 3.05) is 11.4 Å². The van der Waals surface area contributed by atoms with Crippen molar-refractivity contribution in [2.45, 2.75) is 19.4 Å². The van der Waals surface area contributed by atoms with E-state index in [1.807, 2.05) is 6.07 Å². The standard InChI is InChI=1S/C14H14FN3/c15-13-8-14(17-10-16-13)18-7-3-6-11-4-1-2-5-12(11)9-18/h1-2,4-5,8,10H,3,6-7,9H2. The van der Waals surface area contributed by atoms with Crippen molar-refractivity contribution in [2.24, 2.45) is 0 Å². The molecule has 3 nitrogen and oxygen atoms in total. The van der Waals surface area contributed by atoms with Gasteiger partial charge in [-0.15, -0.1) is 0 Å². The van der Waals surface area contributed by atoms with Crippen molar-refractivity contribution in [3.63, 3.8) is 0 Å². The minimum Gasteiger partial charge on any atom is -0.352 e. The zero-order valence-corrected chi connectivity index (χ0v) is 10.0. The van der Waals surface area contributed by atoms with E-state index in [-0.39, 0.29) is 0 Å². The van der Waals surface area contributed by atoms with Gasteiger partial charge in [0.05, 0.1) is 0 Å². The first-order chi connectivity index (χ1) is 8.83. The van der Waals surface area contributed by atoms with Crippen LogP contribution in [0.3, 0.4) is 0 Å². The summed E-state index contributed by atoms with van der Waals surface area (Å²) in [6.45, 7) is 1.68. The molecule has 0 aliphatic carbocycles. The monoisotopic (exact) mass is 243 g/mol. The Morgan fingerprint density at radius 3 is 2.78 bits per heavy atom. The molecular formula is C14H14FN3. The third-order valence-corrected chi connectivity index (χ3v) is 3.30. The Bertz CT molecular complexity index is 556. The molecule has 1 aromatic carbocycles. The normalized spacial score (nSPS) is 15.1. The molecule has 1 aliphatic rings. The van der Waals surface area contributed by atoms with E-state index < -0.39 is 5.95 Å². The Balaban J connectivity index is 1.91. The molecule has 0 saturated carbocycles. The second-order valence-electron chi connectivity index (χ2n) is 4.49. The first-order valence-electron chi connectivity index (χ1n) is 6.12. The number of anilines is 1. The molecule has 0 bridgehead atoms. The Morgan fingerprint density at radius 1 is 1.11 bits per heavy atom. The van der Waals surface area contributed by atoms with E-state index in [4.69, 9.17) is 0 Å². The molecule has 92 valence electrons. The highest BCUT2D eigenvalue weighted by atomic mass is 19.1. The number of aromatic nitrogens is 2. The number of halogens is 1. The topological polar surface area (TPSA) is 29.0 Å². The van der Waals surface area contributed by atoms with Crippen LogP contribution >= 0.6 is 0 Å². The van der Waals surface area contributed by atoms with E-state index >= 15 is 0 Å². The minimum absolute atomic E-state index is 0.475. The van der Waals surface area contributed by atoms with Gasteiger partial charge in [0.25, 0.3) is 0 Å². The van der Waals surface area contributed by atoms with Crippen molar-refractivity contribution >= 4 is 5.82 Å². The Kier molecular flexibility index (Phi) is 2.92. The molecule has 18 heavy (non-hydrogen) atoms. The van der Waals surface area contributed by atoms with Crippen molar-refractivity contribution in [3.05, 3.63) is 53.7 Å². The predicted molar refractivity (Wildman–Crippen MR) is 67.8 cm³/mol. The van der Waals surface area contributed by atoms with E-state index in [0.717, 1.165) is 25.9 Å². The summed E-state index contributed by atoms with van der Waals surface area (Å²) in [7, 11) is 0. The fourth-order valence-corrected chi connectivity index (χ4v) is 2.39. The zero-order chi connectivity index (χ0) is 12.4. The number of benzene rings is 1. The van der Waals surface area contributed by atoms with Crippen LogP contribution in [0.2, 0.25) is 0 Å². The smallest absolute Gasteiger partial charge is 0.218 e. The van der Waals surface area contributed by atoms with Crippen LogP contribution in [0.25, 0.3) is 0 Å². The lowest BCUT2D eigenvalue weighted by molar-refractivity contribution is 0.577. The highest BCUT2D eigenvalue weighted by molar-refractivity contribution is 5.41. The average molecular weight is 243 g/mol. The molecule has 0 atom stereocenters. The second-order valence-corrected chi connectivity index (χ2v) is 4.49. The molecule has 1 aliphatic heterocycles. The summed E-state index contributed by atoms with van der Waals surface area (Å²) in [6.07, 6.45) is 3.41. The third kappa shape index (κ3) is 2.18. The SMILES string of the molecule is Fc1cc(N2CCCc3ccccc3C2)ncn1. The maximum Gasteiger partial charge on any atom is 0.218 e. The van der Waals surface area contributed by atoms with Crippen molar-refractivity contribution in [1.29, 1.82) is 0 Å². The van der Waals surface area contributed by atoms with E-state index in [1.165, 1.54) is 23.5 Å². The van der Waals surface area contributed by atoms with Gasteiger partial charge in [0.2, 0.25) is 5.95 Å². The van der Waals surface area contributed by atoms with Crippen LogP contribution in [0.4, 0.5) is 10.2 Å². The molecule has 3 rings (SSSR count). The maximum atomic E-state index is 13.1. The van der Waals surface area contributed by atoms with Crippen molar-refractivity contribution < 1.29 is 4.39 Å². The lowest BCUT2D eigenvalue weighted by Crippen LogP contribution is -2.23. The Hall–Kier alpha value is -1.97. The highest BCUT2D eigenvalue weighted by Gasteiger charge is 2.15. The molecular weight excluding hydrogens is 229 g/mol. The fourth-order valence-electron chi connectivity index (χ4n) is 2.39. The molecule has 1 aromatic heterocycles. The largest absolute Gasteiger partial charge is 0.352 e. The van der Waals surface area contributed by atoms with Gasteiger partial charge in [-0.3, -0.25) is 0 Å². The number of nitrogens with zero attached hydrogens (tertiary/aromatic N) is 3. The average Bonchev–Trinajstić information content (AvgIpc) is 2.60. The van der Waals surface area contributed by atoms with Crippen LogP contribution in [0.5, 0.6) is 0 Å². The lowest BCUT2D eigenvalue weighted by Gasteiger charge is -2.21. The van der Waals surface area contributed by atoms with Crippen molar-refractivity contribution in [3.8, 4) is 0 Å². The van der Waals surface area contributed by atoms with Gasteiger partial charge in [-0.1, -0.05) is 24.3 Å². The van der Waals surface area contributed by atoms with Gasteiger partial charge < -0.3 is 4.90 Å². The summed E-state index contributed by atoms with van der Waals surface area (Å²) < 4.78 is 13.1. The number of fused-ring (bicyclic) bond motifs is 1. The molecule has 0 fully saturated rings. The Morgan fingerprint density at radius 2 is 1.94 bits per heavy atom. The number of hydrogen-bond acceptors (Lipinski definition) is 3. The first-order valence-corrected chi connectivity index (χ1v) is 6.12. The predicted octanol–water partition coefficient (Wildman–Crippen LogP) is 2.57. The number of aryl methyl sites for hydroxylation is 1. The van der Waals surface area contributed by atoms with Crippen LogP contribution in [0, 0.1) is 5.95 Å². The summed E-state index contributed by atoms with van der Waals surface area (Å²) in [5.74, 6) is 0.191. The number of hydrogen-bond donors (Lipinski definition) is 0. The Labute approximate surface area is 105 Å². The summed E-state index contributed by atoms with van der Waals surface area (Å²) in [6, 6.07) is 9.81. The van der Waals surface area contributed by atoms with Gasteiger partial charge in [-0.2, -0.15) is 4.39 Å². The molecule has 0 radical (unpaired) electrons. The molecule has 0 saturated heterocycles. The molecule has 2 heterocycles. The first kappa shape index (κ1) is 11.1. The molecule has 0 amide bonds. The van der Waals surface area contributed by atoms with Crippen LogP contribution < -0.4 is 4.90 Å². The van der Waals surface area contributed by atoms with Gasteiger partial charge in [0.1, 0.15) is 12.1 Å². The van der Waals surface area contributed by atoms with Crippen LogP contribution in [0.15, 0.2) is 36.7 Å². The quantitative estimate of drug-likeness (QED) is 0.721. The highest BCUT2D eigenvalue weighted by Crippen LogP contribution is 2.22. The molecule has 0 N–H and O–H groups in total. The molecule has 0 spiro atoms.